The molecule has 234 valence electrons. The molecule has 2 aromatic rings. The number of fused-ring (bicyclic) bond motifs is 1. The lowest BCUT2D eigenvalue weighted by Gasteiger charge is -2.44. The van der Waals surface area contributed by atoms with Gasteiger partial charge in [-0.15, -0.1) is 0 Å². The van der Waals surface area contributed by atoms with Gasteiger partial charge in [0.15, 0.2) is 48.0 Å². The third-order valence-electron chi connectivity index (χ3n) is 7.18. The summed E-state index contributed by atoms with van der Waals surface area (Å²) in [6, 6.07) is 8.05. The van der Waals surface area contributed by atoms with Crippen molar-refractivity contribution in [2.75, 3.05) is 13.2 Å². The van der Waals surface area contributed by atoms with Gasteiger partial charge in [0.2, 0.25) is 0 Å². The molecular weight excluding hydrogens is 576 g/mol. The molecule has 0 aromatic heterocycles. The predicted octanol–water partition coefficient (Wildman–Crippen LogP) is -1.04. The zero-order chi connectivity index (χ0) is 30.8. The highest BCUT2D eigenvalue weighted by atomic mass is 16.8. The van der Waals surface area contributed by atoms with E-state index in [0.717, 1.165) is 6.08 Å². The lowest BCUT2D eigenvalue weighted by molar-refractivity contribution is -0.344. The molecule has 2 aromatic carbocycles. The fraction of sp³-hybridized carbons (Fsp3) is 0.464. The zero-order valence-electron chi connectivity index (χ0n) is 22.4. The Balaban J connectivity index is 1.31. The van der Waals surface area contributed by atoms with Crippen molar-refractivity contribution in [1.82, 2.24) is 0 Å². The summed E-state index contributed by atoms with van der Waals surface area (Å²) in [5.41, 5.74) is 0.945. The minimum Gasteiger partial charge on any atom is -0.504 e. The van der Waals surface area contributed by atoms with Crippen LogP contribution in [0.2, 0.25) is 0 Å². The largest absolute Gasteiger partial charge is 0.504 e. The minimum atomic E-state index is -1.67. The lowest BCUT2D eigenvalue weighted by Crippen LogP contribution is -2.63. The first-order valence-electron chi connectivity index (χ1n) is 13.4. The van der Waals surface area contributed by atoms with E-state index < -0.39 is 79.9 Å². The molecular formula is C28H32O15. The van der Waals surface area contributed by atoms with Crippen LogP contribution in [0, 0.1) is 0 Å². The van der Waals surface area contributed by atoms with Crippen LogP contribution >= 0.6 is 0 Å². The van der Waals surface area contributed by atoms with Crippen molar-refractivity contribution >= 4 is 12.0 Å². The standard InChI is InChI=1S/C28H32O15/c29-11-18-23(40-19(34)6-3-12-1-4-14(30)16(32)9-12)24(41-27-21(36)20(35)25-28(42-25)43-27)22(37)26(39-18)38-8-7-13-2-5-15(31)17(33)10-13/h1-6,9-10,18,20-33,35-37H,7-8,11H2/b6-3+/t18?,20?,21-,22?,23+,24?,25+,26+,27+,28?/m0/s1. The van der Waals surface area contributed by atoms with Gasteiger partial charge >= 0.3 is 5.97 Å². The first-order chi connectivity index (χ1) is 20.5. The molecule has 0 spiro atoms. The number of epoxide rings is 1. The molecule has 3 aliphatic rings. The zero-order valence-corrected chi connectivity index (χ0v) is 22.4. The molecule has 15 nitrogen and oxygen atoms in total. The maximum atomic E-state index is 12.8. The summed E-state index contributed by atoms with van der Waals surface area (Å²) in [6.45, 7) is -0.765. The molecule has 0 bridgehead atoms. The van der Waals surface area contributed by atoms with Gasteiger partial charge in [-0.05, 0) is 47.9 Å². The average molecular weight is 609 g/mol. The fourth-order valence-corrected chi connectivity index (χ4v) is 4.77. The highest BCUT2D eigenvalue weighted by molar-refractivity contribution is 5.87. The summed E-state index contributed by atoms with van der Waals surface area (Å²) >= 11 is 0. The first kappa shape index (κ1) is 30.9. The summed E-state index contributed by atoms with van der Waals surface area (Å²) < 4.78 is 33.3. The number of hydrogen-bond donors (Lipinski definition) is 8. The third kappa shape index (κ3) is 7.01. The van der Waals surface area contributed by atoms with Gasteiger partial charge in [-0.1, -0.05) is 12.1 Å². The number of ether oxygens (including phenoxy) is 6. The highest BCUT2D eigenvalue weighted by Crippen LogP contribution is 2.38. The number of esters is 1. The van der Waals surface area contributed by atoms with Crippen LogP contribution in [0.3, 0.4) is 0 Å². The number of aliphatic hydroxyl groups excluding tert-OH is 4. The molecule has 0 amide bonds. The van der Waals surface area contributed by atoms with Gasteiger partial charge in [-0.3, -0.25) is 0 Å². The summed E-state index contributed by atoms with van der Waals surface area (Å²) in [6.07, 6.45) is -10.9. The van der Waals surface area contributed by atoms with Crippen LogP contribution in [0.5, 0.6) is 23.0 Å². The van der Waals surface area contributed by atoms with Crippen LogP contribution in [0.25, 0.3) is 6.08 Å². The van der Waals surface area contributed by atoms with Crippen LogP contribution in [0.1, 0.15) is 11.1 Å². The van der Waals surface area contributed by atoms with E-state index >= 15 is 0 Å². The second-order valence-corrected chi connectivity index (χ2v) is 10.2. The molecule has 0 aliphatic carbocycles. The molecule has 3 fully saturated rings. The van der Waals surface area contributed by atoms with Gasteiger partial charge in [0.25, 0.3) is 0 Å². The molecule has 5 rings (SSSR count). The van der Waals surface area contributed by atoms with Gasteiger partial charge in [-0.2, -0.15) is 0 Å². The Bertz CT molecular complexity index is 1320. The van der Waals surface area contributed by atoms with Crippen molar-refractivity contribution in [2.24, 2.45) is 0 Å². The van der Waals surface area contributed by atoms with E-state index in [1.807, 2.05) is 0 Å². The average Bonchev–Trinajstić information content (AvgIpc) is 3.76. The summed E-state index contributed by atoms with van der Waals surface area (Å²) in [5.74, 6) is -2.33. The topological polar surface area (TPSA) is 238 Å². The van der Waals surface area contributed by atoms with E-state index in [0.29, 0.717) is 11.1 Å². The number of carbonyl (C=O) groups is 1. The van der Waals surface area contributed by atoms with Crippen molar-refractivity contribution in [3.8, 4) is 23.0 Å². The molecule has 43 heavy (non-hydrogen) atoms. The summed E-state index contributed by atoms with van der Waals surface area (Å²) in [7, 11) is 0. The molecule has 10 atom stereocenters. The maximum absolute atomic E-state index is 12.8. The molecule has 3 aliphatic heterocycles. The number of aliphatic hydroxyl groups is 4. The van der Waals surface area contributed by atoms with E-state index in [1.165, 1.54) is 36.4 Å². The van der Waals surface area contributed by atoms with Crippen LogP contribution in [-0.4, -0.2) is 122 Å². The number of carbonyl (C=O) groups excluding carboxylic acids is 1. The number of aromatic hydroxyl groups is 4. The van der Waals surface area contributed by atoms with E-state index in [4.69, 9.17) is 28.4 Å². The smallest absolute Gasteiger partial charge is 0.331 e. The van der Waals surface area contributed by atoms with Crippen LogP contribution in [0.15, 0.2) is 42.5 Å². The molecule has 0 saturated carbocycles. The third-order valence-corrected chi connectivity index (χ3v) is 7.18. The lowest BCUT2D eigenvalue weighted by atomic mass is 9.98. The van der Waals surface area contributed by atoms with Crippen LogP contribution in [0.4, 0.5) is 0 Å². The second kappa shape index (κ2) is 13.0. The van der Waals surface area contributed by atoms with Crippen molar-refractivity contribution in [3.05, 3.63) is 53.6 Å². The van der Waals surface area contributed by atoms with Gasteiger partial charge < -0.3 is 69.3 Å². The summed E-state index contributed by atoms with van der Waals surface area (Å²) in [4.78, 5) is 12.8. The van der Waals surface area contributed by atoms with E-state index in [-0.39, 0.29) is 30.3 Å². The Kier molecular flexibility index (Phi) is 9.36. The van der Waals surface area contributed by atoms with Gasteiger partial charge in [0, 0.05) is 6.08 Å². The summed E-state index contributed by atoms with van der Waals surface area (Å²) in [5, 5.41) is 80.4. The molecule has 3 heterocycles. The Morgan fingerprint density at radius 1 is 0.814 bits per heavy atom. The number of phenols is 4. The van der Waals surface area contributed by atoms with Gasteiger partial charge in [-0.25, -0.2) is 4.79 Å². The number of rotatable bonds is 10. The molecule has 15 heteroatoms. The maximum Gasteiger partial charge on any atom is 0.331 e. The highest BCUT2D eigenvalue weighted by Gasteiger charge is 2.58. The number of hydrogen-bond acceptors (Lipinski definition) is 15. The second-order valence-electron chi connectivity index (χ2n) is 10.2. The van der Waals surface area contributed by atoms with E-state index in [1.54, 1.807) is 6.07 Å². The van der Waals surface area contributed by atoms with Crippen molar-refractivity contribution < 1.29 is 74.1 Å². The predicted molar refractivity (Wildman–Crippen MR) is 140 cm³/mol. The van der Waals surface area contributed by atoms with Crippen molar-refractivity contribution in [2.45, 2.75) is 68.0 Å². The number of phenolic OH excluding ortho intramolecular Hbond substituents is 4. The normalized spacial score (nSPS) is 33.7. The Morgan fingerprint density at radius 2 is 1.53 bits per heavy atom. The quantitative estimate of drug-likeness (QED) is 0.0696. The number of benzene rings is 2. The molecule has 8 N–H and O–H groups in total. The van der Waals surface area contributed by atoms with E-state index in [2.05, 4.69) is 0 Å². The monoisotopic (exact) mass is 608 g/mol. The SMILES string of the molecule is O=C(/C=C/c1ccc(O)c(O)c1)O[C@@H]1C(CO)O[C@@H](OCCc2ccc(O)c(O)c2)C(O)C1O[C@@H]1OC2O[C@@H]2C(O)[C@@H]1O. The molecule has 0 radical (unpaired) electrons. The first-order valence-corrected chi connectivity index (χ1v) is 13.4. The Hall–Kier alpha value is -3.51. The van der Waals surface area contributed by atoms with Gasteiger partial charge in [0.05, 0.1) is 13.2 Å². The van der Waals surface area contributed by atoms with Crippen LogP contribution < -0.4 is 0 Å². The Morgan fingerprint density at radius 3 is 2.23 bits per heavy atom. The molecule has 5 unspecified atom stereocenters. The minimum absolute atomic E-state index is 0.0532. The van der Waals surface area contributed by atoms with Crippen LogP contribution in [-0.2, 0) is 39.6 Å². The van der Waals surface area contributed by atoms with E-state index in [9.17, 15) is 45.6 Å². The van der Waals surface area contributed by atoms with Crippen molar-refractivity contribution in [1.29, 1.82) is 0 Å². The Labute approximate surface area is 244 Å². The van der Waals surface area contributed by atoms with Crippen molar-refractivity contribution in [3.63, 3.8) is 0 Å². The van der Waals surface area contributed by atoms with Gasteiger partial charge in [0.1, 0.15) is 36.6 Å². The fourth-order valence-electron chi connectivity index (χ4n) is 4.77. The molecule has 3 saturated heterocycles.